The topological polar surface area (TPSA) is 156 Å². The first kappa shape index (κ1) is 39.6. The van der Waals surface area contributed by atoms with Gasteiger partial charge in [0.1, 0.15) is 10.9 Å². The van der Waals surface area contributed by atoms with E-state index in [2.05, 4.69) is 39.2 Å². The molecule has 3 aromatic carbocycles. The first-order chi connectivity index (χ1) is 28.7. The minimum absolute atomic E-state index is 0.0384. The van der Waals surface area contributed by atoms with Crippen molar-refractivity contribution in [2.45, 2.75) is 83.2 Å². The summed E-state index contributed by atoms with van der Waals surface area (Å²) in [6, 6.07) is 21.4. The van der Waals surface area contributed by atoms with E-state index in [1.54, 1.807) is 11.6 Å². The summed E-state index contributed by atoms with van der Waals surface area (Å²) in [4.78, 5) is 68.3. The van der Waals surface area contributed by atoms with Crippen LogP contribution in [0.3, 0.4) is 0 Å². The molecule has 6 aromatic rings. The first-order valence-corrected chi connectivity index (χ1v) is 21.3. The predicted octanol–water partition coefficient (Wildman–Crippen LogP) is 6.73. The molecule has 4 amide bonds. The Balaban J connectivity index is 0.755. The highest BCUT2D eigenvalue weighted by Gasteiger charge is 2.31. The highest BCUT2D eigenvalue weighted by atomic mass is 32.1. The summed E-state index contributed by atoms with van der Waals surface area (Å²) in [5.74, 6) is 5.63. The number of pyridine rings is 1. The molecule has 13 heteroatoms. The number of benzene rings is 3. The fourth-order valence-electron chi connectivity index (χ4n) is 8.21. The van der Waals surface area contributed by atoms with Gasteiger partial charge in [-0.25, -0.2) is 9.78 Å². The Bertz CT molecular complexity index is 2740. The number of amides is 4. The summed E-state index contributed by atoms with van der Waals surface area (Å²) >= 11 is 1.51. The highest BCUT2D eigenvalue weighted by Crippen LogP contribution is 2.41. The number of hydrogen-bond acceptors (Lipinski definition) is 8. The van der Waals surface area contributed by atoms with E-state index in [0.29, 0.717) is 42.7 Å². The van der Waals surface area contributed by atoms with Crippen molar-refractivity contribution in [3.8, 4) is 23.1 Å². The van der Waals surface area contributed by atoms with Gasteiger partial charge in [-0.1, -0.05) is 55.4 Å². The molecule has 2 aliphatic heterocycles. The lowest BCUT2D eigenvalue weighted by Gasteiger charge is -2.21. The van der Waals surface area contributed by atoms with E-state index in [-0.39, 0.29) is 35.9 Å². The van der Waals surface area contributed by atoms with Gasteiger partial charge < -0.3 is 16.0 Å². The molecule has 4 N–H and O–H groups in total. The maximum absolute atomic E-state index is 13.2. The summed E-state index contributed by atoms with van der Waals surface area (Å²) in [5, 5.41) is 13.9. The lowest BCUT2D eigenvalue weighted by molar-refractivity contribution is -0.135. The van der Waals surface area contributed by atoms with Gasteiger partial charge in [-0.15, -0.1) is 11.3 Å². The fourth-order valence-corrected chi connectivity index (χ4v) is 9.31. The molecule has 1 saturated heterocycles. The number of rotatable bonds is 12. The van der Waals surface area contributed by atoms with Crippen LogP contribution in [0.5, 0.6) is 0 Å². The first-order valence-electron chi connectivity index (χ1n) is 20.5. The van der Waals surface area contributed by atoms with Crippen LogP contribution >= 0.6 is 11.3 Å². The number of fused-ring (bicyclic) bond motifs is 6. The molecule has 12 nitrogen and oxygen atoms in total. The minimum atomic E-state index is -0.693. The van der Waals surface area contributed by atoms with Gasteiger partial charge in [0.25, 0.3) is 5.91 Å². The van der Waals surface area contributed by atoms with Gasteiger partial charge in [0, 0.05) is 72.0 Å². The van der Waals surface area contributed by atoms with Gasteiger partial charge in [0.05, 0.1) is 27.9 Å². The van der Waals surface area contributed by atoms with E-state index < -0.39 is 11.9 Å². The lowest BCUT2D eigenvalue weighted by atomic mass is 10.0. The third-order valence-corrected chi connectivity index (χ3v) is 12.4. The molecule has 0 spiro atoms. The third-order valence-electron chi connectivity index (χ3n) is 11.2. The van der Waals surface area contributed by atoms with E-state index >= 15 is 0 Å². The Labute approximate surface area is 345 Å². The number of aryl methyl sites for hydroxylation is 2. The molecule has 5 heterocycles. The van der Waals surface area contributed by atoms with Crippen molar-refractivity contribution in [3.05, 3.63) is 93.2 Å². The van der Waals surface area contributed by atoms with Gasteiger partial charge in [0.2, 0.25) is 17.7 Å². The minimum Gasteiger partial charge on any atom is -0.381 e. The standard InChI is InChI=1S/C46H47N7O5S/c1-28-27-48-41-40-32-20-21-33(50-34(32)22-24-37(40)59-43(41)45(57)49-28)30-18-16-29(17-19-30)11-8-9-26-47-38(54)15-7-5-3-4-6-12-31-13-10-14-35-42(31)52(2)46(58)53(35)36-23-25-39(55)51-44(36)56/h10,13-14,16-22,24,28,36,48H,3-7,9,12,15,23,25-27H2,1-2H3,(H,47,54)(H,49,57)(H,51,55,56)/t28-,36?/m1/s1. The number of carbonyl (C=O) groups excluding carboxylic acids is 4. The molecular weight excluding hydrogens is 763 g/mol. The van der Waals surface area contributed by atoms with Gasteiger partial charge >= 0.3 is 5.69 Å². The number of para-hydroxylation sites is 1. The molecule has 2 atom stereocenters. The molecule has 0 bridgehead atoms. The summed E-state index contributed by atoms with van der Waals surface area (Å²) in [6.07, 6.45) is 7.14. The average Bonchev–Trinajstić information content (AvgIpc) is 3.69. The molecular formula is C46H47N7O5S. The van der Waals surface area contributed by atoms with E-state index in [1.807, 2.05) is 67.6 Å². The van der Waals surface area contributed by atoms with Gasteiger partial charge in [-0.2, -0.15) is 0 Å². The number of anilines is 1. The second kappa shape index (κ2) is 17.3. The summed E-state index contributed by atoms with van der Waals surface area (Å²) in [5.41, 5.74) is 6.87. The van der Waals surface area contributed by atoms with Crippen LogP contribution in [0, 0.1) is 11.8 Å². The molecule has 1 fully saturated rings. The number of imide groups is 1. The summed E-state index contributed by atoms with van der Waals surface area (Å²) in [6.45, 7) is 3.17. The van der Waals surface area contributed by atoms with Gasteiger partial charge in [0.15, 0.2) is 0 Å². The Hall–Kier alpha value is -6.26. The van der Waals surface area contributed by atoms with E-state index in [1.165, 1.54) is 15.9 Å². The van der Waals surface area contributed by atoms with Crippen molar-refractivity contribution in [1.29, 1.82) is 0 Å². The molecule has 2 aliphatic rings. The van der Waals surface area contributed by atoms with Crippen LogP contribution < -0.4 is 27.0 Å². The van der Waals surface area contributed by atoms with Crippen LogP contribution in [0.2, 0.25) is 0 Å². The number of piperidine rings is 1. The van der Waals surface area contributed by atoms with Crippen molar-refractivity contribution in [1.82, 2.24) is 30.1 Å². The zero-order valence-electron chi connectivity index (χ0n) is 33.3. The number of nitrogens with one attached hydrogen (secondary N) is 4. The van der Waals surface area contributed by atoms with Crippen LogP contribution in [0.15, 0.2) is 71.5 Å². The molecule has 8 rings (SSSR count). The summed E-state index contributed by atoms with van der Waals surface area (Å²) in [7, 11) is 1.73. The lowest BCUT2D eigenvalue weighted by Crippen LogP contribution is -2.44. The van der Waals surface area contributed by atoms with Crippen molar-refractivity contribution in [2.24, 2.45) is 7.05 Å². The zero-order chi connectivity index (χ0) is 41.0. The van der Waals surface area contributed by atoms with Crippen LogP contribution in [0.4, 0.5) is 5.69 Å². The molecule has 302 valence electrons. The number of unbranched alkanes of at least 4 members (excludes halogenated alkanes) is 4. The Kier molecular flexibility index (Phi) is 11.6. The maximum Gasteiger partial charge on any atom is 0.329 e. The van der Waals surface area contributed by atoms with Crippen molar-refractivity contribution >= 4 is 72.7 Å². The third kappa shape index (κ3) is 8.36. The smallest absolute Gasteiger partial charge is 0.329 e. The fraction of sp³-hybridized carbons (Fsp3) is 0.348. The van der Waals surface area contributed by atoms with E-state index in [4.69, 9.17) is 4.98 Å². The SMILES string of the molecule is C[C@@H]1CNc2c(sc3ccc4nc(-c5ccc(C#CCCNC(=O)CCCCCCCc6cccc7c6n(C)c(=O)n7C6CCC(=O)NC6=O)cc5)ccc4c23)C(=O)N1. The largest absolute Gasteiger partial charge is 0.381 e. The quantitative estimate of drug-likeness (QED) is 0.0607. The average molecular weight is 810 g/mol. The summed E-state index contributed by atoms with van der Waals surface area (Å²) < 4.78 is 4.19. The van der Waals surface area contributed by atoms with Crippen molar-refractivity contribution in [3.63, 3.8) is 0 Å². The van der Waals surface area contributed by atoms with Gasteiger partial charge in [-0.05, 0) is 80.6 Å². The van der Waals surface area contributed by atoms with Crippen molar-refractivity contribution in [2.75, 3.05) is 18.4 Å². The molecule has 0 radical (unpaired) electrons. The number of aromatic nitrogens is 3. The molecule has 0 aliphatic carbocycles. The van der Waals surface area contributed by atoms with Crippen LogP contribution in [-0.4, -0.2) is 56.9 Å². The Morgan fingerprint density at radius 2 is 1.78 bits per heavy atom. The number of imidazole rings is 1. The number of thiophene rings is 1. The number of carbonyl (C=O) groups is 4. The van der Waals surface area contributed by atoms with Crippen LogP contribution in [0.1, 0.15) is 91.6 Å². The van der Waals surface area contributed by atoms with Crippen LogP contribution in [0.25, 0.3) is 43.3 Å². The number of nitrogens with zero attached hydrogens (tertiary/aromatic N) is 3. The monoisotopic (exact) mass is 809 g/mol. The second-order valence-corrected chi connectivity index (χ2v) is 16.5. The van der Waals surface area contributed by atoms with E-state index in [9.17, 15) is 24.0 Å². The Morgan fingerprint density at radius 3 is 2.61 bits per heavy atom. The highest BCUT2D eigenvalue weighted by molar-refractivity contribution is 7.21. The predicted molar refractivity (Wildman–Crippen MR) is 232 cm³/mol. The maximum atomic E-state index is 13.2. The normalized spacial score (nSPS) is 16.5. The van der Waals surface area contributed by atoms with E-state index in [0.717, 1.165) is 93.1 Å². The molecule has 3 aromatic heterocycles. The Morgan fingerprint density at radius 1 is 0.966 bits per heavy atom. The number of hydrogen-bond donors (Lipinski definition) is 4. The van der Waals surface area contributed by atoms with Crippen molar-refractivity contribution < 1.29 is 19.2 Å². The van der Waals surface area contributed by atoms with Gasteiger partial charge in [-0.3, -0.25) is 33.6 Å². The molecule has 1 unspecified atom stereocenters. The molecule has 59 heavy (non-hydrogen) atoms. The van der Waals surface area contributed by atoms with Crippen LogP contribution in [-0.2, 0) is 27.9 Å². The zero-order valence-corrected chi connectivity index (χ0v) is 34.1. The second-order valence-electron chi connectivity index (χ2n) is 15.5. The molecule has 0 saturated carbocycles.